The van der Waals surface area contributed by atoms with E-state index in [9.17, 15) is 20.0 Å². The Labute approximate surface area is 134 Å². The van der Waals surface area contributed by atoms with Crippen LogP contribution in [-0.4, -0.2) is 15.9 Å². The van der Waals surface area contributed by atoms with E-state index in [0.717, 1.165) is 0 Å². The van der Waals surface area contributed by atoms with E-state index in [1.165, 1.54) is 12.1 Å². The maximum absolute atomic E-state index is 12.0. The van der Waals surface area contributed by atoms with Crippen molar-refractivity contribution in [2.45, 2.75) is 6.92 Å². The Kier molecular flexibility index (Phi) is 4.41. The van der Waals surface area contributed by atoms with Gasteiger partial charge in [-0.25, -0.2) is 0 Å². The first kappa shape index (κ1) is 15.2. The van der Waals surface area contributed by atoms with Crippen LogP contribution >= 0.6 is 22.6 Å². The van der Waals surface area contributed by atoms with Gasteiger partial charge >= 0.3 is 0 Å². The number of nitrogens with zero attached hydrogens (tertiary/aromatic N) is 1. The monoisotopic (exact) mass is 398 g/mol. The molecule has 0 saturated carbocycles. The highest BCUT2D eigenvalue weighted by atomic mass is 127. The van der Waals surface area contributed by atoms with Crippen molar-refractivity contribution < 1.29 is 14.8 Å². The number of aryl methyl sites for hydroxylation is 1. The second-order valence-electron chi connectivity index (χ2n) is 4.38. The van der Waals surface area contributed by atoms with Gasteiger partial charge in [-0.2, -0.15) is 0 Å². The van der Waals surface area contributed by atoms with Gasteiger partial charge in [0.2, 0.25) is 0 Å². The van der Waals surface area contributed by atoms with Gasteiger partial charge in [0.25, 0.3) is 11.6 Å². The molecule has 0 atom stereocenters. The fourth-order valence-electron chi connectivity index (χ4n) is 1.74. The first-order valence-corrected chi connectivity index (χ1v) is 7.01. The Morgan fingerprint density at radius 2 is 2.00 bits per heavy atom. The average Bonchev–Trinajstić information content (AvgIpc) is 2.43. The third-order valence-electron chi connectivity index (χ3n) is 2.87. The number of benzene rings is 2. The Hall–Kier alpha value is -2.16. The number of phenols is 1. The third kappa shape index (κ3) is 3.48. The number of nitrogens with one attached hydrogen (secondary N) is 1. The number of nitro groups is 1. The molecular weight excluding hydrogens is 387 g/mol. The zero-order chi connectivity index (χ0) is 15.6. The molecule has 2 rings (SSSR count). The summed E-state index contributed by atoms with van der Waals surface area (Å²) >= 11 is 1.95. The van der Waals surface area contributed by atoms with Crippen molar-refractivity contribution in [3.8, 4) is 5.75 Å². The maximum Gasteiger partial charge on any atom is 0.274 e. The molecule has 0 aliphatic carbocycles. The van der Waals surface area contributed by atoms with Crippen LogP contribution in [0.3, 0.4) is 0 Å². The standard InChI is InChI=1S/C14H11IN2O4/c1-8-2-4-10(7-12(8)17(20)21)16-14(19)9-3-5-11(15)13(18)6-9/h2-7,18H,1H3,(H,16,19). The maximum atomic E-state index is 12.0. The highest BCUT2D eigenvalue weighted by Gasteiger charge is 2.13. The molecule has 21 heavy (non-hydrogen) atoms. The Balaban J connectivity index is 2.25. The minimum absolute atomic E-state index is 0.0122. The summed E-state index contributed by atoms with van der Waals surface area (Å²) in [7, 11) is 0. The number of nitro benzene ring substituents is 1. The Morgan fingerprint density at radius 3 is 2.62 bits per heavy atom. The summed E-state index contributed by atoms with van der Waals surface area (Å²) in [6, 6.07) is 8.99. The molecule has 0 spiro atoms. The summed E-state index contributed by atoms with van der Waals surface area (Å²) in [6.45, 7) is 1.63. The summed E-state index contributed by atoms with van der Waals surface area (Å²) in [5.74, 6) is -0.432. The summed E-state index contributed by atoms with van der Waals surface area (Å²) in [5.41, 5.74) is 1.06. The molecule has 2 N–H and O–H groups in total. The van der Waals surface area contributed by atoms with Crippen molar-refractivity contribution in [3.05, 3.63) is 61.2 Å². The second kappa shape index (κ2) is 6.08. The van der Waals surface area contributed by atoms with Crippen molar-refractivity contribution in [2.24, 2.45) is 0 Å². The molecule has 0 aliphatic heterocycles. The van der Waals surface area contributed by atoms with Crippen LogP contribution in [0.5, 0.6) is 5.75 Å². The van der Waals surface area contributed by atoms with Crippen LogP contribution in [0, 0.1) is 20.6 Å². The number of hydrogen-bond donors (Lipinski definition) is 2. The first-order chi connectivity index (χ1) is 9.88. The van der Waals surface area contributed by atoms with Crippen LogP contribution in [0.2, 0.25) is 0 Å². The van der Waals surface area contributed by atoms with Crippen LogP contribution in [0.25, 0.3) is 0 Å². The zero-order valence-corrected chi connectivity index (χ0v) is 13.1. The van der Waals surface area contributed by atoms with Gasteiger partial charge in [0.05, 0.1) is 8.49 Å². The molecule has 0 fully saturated rings. The minimum atomic E-state index is -0.498. The number of halogens is 1. The molecule has 108 valence electrons. The van der Waals surface area contributed by atoms with E-state index in [0.29, 0.717) is 14.8 Å². The third-order valence-corrected chi connectivity index (χ3v) is 3.78. The lowest BCUT2D eigenvalue weighted by Gasteiger charge is -2.07. The molecule has 0 heterocycles. The van der Waals surface area contributed by atoms with Crippen molar-refractivity contribution in [2.75, 3.05) is 5.32 Å². The smallest absolute Gasteiger partial charge is 0.274 e. The number of carbonyl (C=O) groups excluding carboxylic acids is 1. The molecule has 2 aromatic rings. The van der Waals surface area contributed by atoms with E-state index in [1.54, 1.807) is 31.2 Å². The molecule has 0 saturated heterocycles. The highest BCUT2D eigenvalue weighted by molar-refractivity contribution is 14.1. The van der Waals surface area contributed by atoms with Gasteiger partial charge in [-0.1, -0.05) is 6.07 Å². The molecule has 0 unspecified atom stereocenters. The fourth-order valence-corrected chi connectivity index (χ4v) is 2.08. The van der Waals surface area contributed by atoms with E-state index >= 15 is 0 Å². The van der Waals surface area contributed by atoms with Crippen LogP contribution in [-0.2, 0) is 0 Å². The largest absolute Gasteiger partial charge is 0.507 e. The molecule has 6 nitrogen and oxygen atoms in total. The summed E-state index contributed by atoms with van der Waals surface area (Å²) in [5, 5.41) is 23.0. The lowest BCUT2D eigenvalue weighted by atomic mass is 10.1. The van der Waals surface area contributed by atoms with Gasteiger partial charge in [-0.3, -0.25) is 14.9 Å². The topological polar surface area (TPSA) is 92.5 Å². The molecule has 0 aromatic heterocycles. The van der Waals surface area contributed by atoms with Crippen LogP contribution < -0.4 is 5.32 Å². The van der Waals surface area contributed by atoms with Crippen molar-refractivity contribution in [1.82, 2.24) is 0 Å². The van der Waals surface area contributed by atoms with Crippen LogP contribution in [0.4, 0.5) is 11.4 Å². The first-order valence-electron chi connectivity index (χ1n) is 5.93. The van der Waals surface area contributed by atoms with E-state index in [-0.39, 0.29) is 17.0 Å². The lowest BCUT2D eigenvalue weighted by molar-refractivity contribution is -0.385. The lowest BCUT2D eigenvalue weighted by Crippen LogP contribution is -2.12. The second-order valence-corrected chi connectivity index (χ2v) is 5.54. The highest BCUT2D eigenvalue weighted by Crippen LogP contribution is 2.24. The van der Waals surface area contributed by atoms with E-state index in [2.05, 4.69) is 5.32 Å². The van der Waals surface area contributed by atoms with Gasteiger partial charge < -0.3 is 10.4 Å². The predicted octanol–water partition coefficient (Wildman–Crippen LogP) is 3.47. The van der Waals surface area contributed by atoms with Crippen molar-refractivity contribution >= 4 is 39.9 Å². The number of hydrogen-bond acceptors (Lipinski definition) is 4. The summed E-state index contributed by atoms with van der Waals surface area (Å²) in [4.78, 5) is 22.4. The number of carbonyl (C=O) groups is 1. The van der Waals surface area contributed by atoms with E-state index in [1.807, 2.05) is 22.6 Å². The summed E-state index contributed by atoms with van der Waals surface area (Å²) < 4.78 is 0.634. The van der Waals surface area contributed by atoms with Gasteiger partial charge in [0.1, 0.15) is 5.75 Å². The van der Waals surface area contributed by atoms with Crippen molar-refractivity contribution in [3.63, 3.8) is 0 Å². The Morgan fingerprint density at radius 1 is 1.29 bits per heavy atom. The zero-order valence-electron chi connectivity index (χ0n) is 11.0. The molecule has 7 heteroatoms. The fraction of sp³-hybridized carbons (Fsp3) is 0.0714. The van der Waals surface area contributed by atoms with Gasteiger partial charge in [0.15, 0.2) is 0 Å². The SMILES string of the molecule is Cc1ccc(NC(=O)c2ccc(I)c(O)c2)cc1[N+](=O)[O-]. The van der Waals surface area contributed by atoms with E-state index in [4.69, 9.17) is 0 Å². The molecule has 0 bridgehead atoms. The van der Waals surface area contributed by atoms with Crippen LogP contribution in [0.15, 0.2) is 36.4 Å². The minimum Gasteiger partial charge on any atom is -0.507 e. The van der Waals surface area contributed by atoms with Gasteiger partial charge in [0, 0.05) is 22.9 Å². The number of aromatic hydroxyl groups is 1. The van der Waals surface area contributed by atoms with Gasteiger partial charge in [-0.15, -0.1) is 0 Å². The molecule has 1 amide bonds. The molecule has 0 aliphatic rings. The number of amides is 1. The van der Waals surface area contributed by atoms with Gasteiger partial charge in [-0.05, 0) is 53.8 Å². The van der Waals surface area contributed by atoms with Crippen molar-refractivity contribution in [1.29, 1.82) is 0 Å². The molecular formula is C14H11IN2O4. The quantitative estimate of drug-likeness (QED) is 0.471. The average molecular weight is 398 g/mol. The van der Waals surface area contributed by atoms with E-state index < -0.39 is 10.8 Å². The normalized spacial score (nSPS) is 10.2. The molecule has 0 radical (unpaired) electrons. The molecule has 2 aromatic carbocycles. The predicted molar refractivity (Wildman–Crippen MR) is 86.6 cm³/mol. The Bertz CT molecular complexity index is 731. The summed E-state index contributed by atoms with van der Waals surface area (Å²) in [6.07, 6.45) is 0. The number of rotatable bonds is 3. The van der Waals surface area contributed by atoms with Crippen LogP contribution in [0.1, 0.15) is 15.9 Å². The number of phenolic OH excluding ortho intramolecular Hbond substituents is 1. The number of anilines is 1.